The summed E-state index contributed by atoms with van der Waals surface area (Å²) in [5, 5.41) is 9.85. The molecule has 0 unspecified atom stereocenters. The number of rotatable bonds is 3. The van der Waals surface area contributed by atoms with E-state index in [1.54, 1.807) is 31.2 Å². The summed E-state index contributed by atoms with van der Waals surface area (Å²) in [6.45, 7) is 5.17. The molecule has 0 aromatic heterocycles. The lowest BCUT2D eigenvalue weighted by Gasteiger charge is -2.05. The van der Waals surface area contributed by atoms with Gasteiger partial charge in [-0.25, -0.2) is 0 Å². The molecule has 4 nitrogen and oxygen atoms in total. The molecule has 1 aromatic carbocycles. The number of nitrogen functional groups attached to an aromatic ring is 1. The van der Waals surface area contributed by atoms with Crippen molar-refractivity contribution in [3.8, 4) is 0 Å². The van der Waals surface area contributed by atoms with Crippen LogP contribution in [-0.4, -0.2) is 11.7 Å². The summed E-state index contributed by atoms with van der Waals surface area (Å²) in [6, 6.07) is 6.74. The third kappa shape index (κ3) is 2.95. The van der Waals surface area contributed by atoms with Crippen LogP contribution in [0.2, 0.25) is 0 Å². The molecule has 1 rings (SSSR count). The lowest BCUT2D eigenvalue weighted by atomic mass is 10.2. The quantitative estimate of drug-likeness (QED) is 0.395. The molecule has 0 fully saturated rings. The van der Waals surface area contributed by atoms with Crippen molar-refractivity contribution in [1.82, 2.24) is 0 Å². The summed E-state index contributed by atoms with van der Waals surface area (Å²) in [7, 11) is 0. The molecule has 0 saturated carbocycles. The second-order valence-corrected chi connectivity index (χ2v) is 3.23. The van der Waals surface area contributed by atoms with Crippen LogP contribution in [0.1, 0.15) is 12.5 Å². The number of hydrogen-bond donors (Lipinski definition) is 3. The fourth-order valence-electron chi connectivity index (χ4n) is 0.971. The Kier molecular flexibility index (Phi) is 3.23. The fourth-order valence-corrected chi connectivity index (χ4v) is 0.971. The van der Waals surface area contributed by atoms with Gasteiger partial charge in [0.2, 0.25) is 0 Å². The third-order valence-corrected chi connectivity index (χ3v) is 1.84. The van der Waals surface area contributed by atoms with Gasteiger partial charge in [-0.15, -0.1) is 0 Å². The Hall–Kier alpha value is -2.10. The molecule has 0 aliphatic heterocycles. The maximum absolute atomic E-state index is 11.3. The van der Waals surface area contributed by atoms with Crippen LogP contribution in [0.3, 0.4) is 0 Å². The summed E-state index contributed by atoms with van der Waals surface area (Å²) in [6.07, 6.45) is 0. The second-order valence-electron chi connectivity index (χ2n) is 3.23. The number of carbonyl (C=O) groups excluding carboxylic acids is 1. The Morgan fingerprint density at radius 1 is 1.40 bits per heavy atom. The van der Waals surface area contributed by atoms with Gasteiger partial charge in [0.15, 0.2) is 0 Å². The second kappa shape index (κ2) is 4.41. The van der Waals surface area contributed by atoms with Crippen LogP contribution in [0.5, 0.6) is 0 Å². The first-order valence-corrected chi connectivity index (χ1v) is 4.42. The summed E-state index contributed by atoms with van der Waals surface area (Å²) >= 11 is 0. The standard InChI is InChI=1S/C11H13N3O/c1-7(2)11(15)14-9-5-3-8(4-6-9)10(12)13/h3-6H,1H2,2H3,(H3,12,13)(H,14,15). The Labute approximate surface area is 88.3 Å². The maximum atomic E-state index is 11.3. The zero-order chi connectivity index (χ0) is 11.4. The van der Waals surface area contributed by atoms with Crippen molar-refractivity contribution in [2.45, 2.75) is 6.92 Å². The molecule has 0 aliphatic rings. The monoisotopic (exact) mass is 203 g/mol. The number of amidine groups is 1. The van der Waals surface area contributed by atoms with Crippen LogP contribution >= 0.6 is 0 Å². The average Bonchev–Trinajstić information content (AvgIpc) is 2.18. The lowest BCUT2D eigenvalue weighted by Crippen LogP contribution is -2.13. The SMILES string of the molecule is C=C(C)C(=O)Nc1ccc(C(=N)N)cc1. The van der Waals surface area contributed by atoms with E-state index in [0.717, 1.165) is 0 Å². The fraction of sp³-hybridized carbons (Fsp3) is 0.0909. The lowest BCUT2D eigenvalue weighted by molar-refractivity contribution is -0.112. The van der Waals surface area contributed by atoms with Gasteiger partial charge in [-0.05, 0) is 31.2 Å². The number of hydrogen-bond acceptors (Lipinski definition) is 2. The van der Waals surface area contributed by atoms with Gasteiger partial charge in [-0.3, -0.25) is 10.2 Å². The minimum Gasteiger partial charge on any atom is -0.384 e. The number of amides is 1. The van der Waals surface area contributed by atoms with Crippen LogP contribution in [0, 0.1) is 5.41 Å². The first kappa shape index (κ1) is 11.0. The van der Waals surface area contributed by atoms with E-state index >= 15 is 0 Å². The minimum atomic E-state index is -0.217. The Morgan fingerprint density at radius 2 is 1.93 bits per heavy atom. The largest absolute Gasteiger partial charge is 0.384 e. The van der Waals surface area contributed by atoms with Gasteiger partial charge in [-0.2, -0.15) is 0 Å². The number of anilines is 1. The van der Waals surface area contributed by atoms with Crippen molar-refractivity contribution in [3.63, 3.8) is 0 Å². The highest BCUT2D eigenvalue weighted by atomic mass is 16.1. The van der Waals surface area contributed by atoms with Crippen LogP contribution in [0.4, 0.5) is 5.69 Å². The summed E-state index contributed by atoms with van der Waals surface area (Å²) in [4.78, 5) is 11.3. The first-order chi connectivity index (χ1) is 7.00. The van der Waals surface area contributed by atoms with Gasteiger partial charge in [0.1, 0.15) is 5.84 Å². The van der Waals surface area contributed by atoms with E-state index in [0.29, 0.717) is 16.8 Å². The van der Waals surface area contributed by atoms with E-state index in [1.807, 2.05) is 0 Å². The van der Waals surface area contributed by atoms with Crippen molar-refractivity contribution in [1.29, 1.82) is 5.41 Å². The van der Waals surface area contributed by atoms with Gasteiger partial charge in [0.25, 0.3) is 5.91 Å². The van der Waals surface area contributed by atoms with E-state index in [-0.39, 0.29) is 11.7 Å². The Morgan fingerprint density at radius 3 is 2.33 bits per heavy atom. The maximum Gasteiger partial charge on any atom is 0.250 e. The van der Waals surface area contributed by atoms with Crippen LogP contribution in [0.15, 0.2) is 36.4 Å². The van der Waals surface area contributed by atoms with Gasteiger partial charge >= 0.3 is 0 Å². The highest BCUT2D eigenvalue weighted by Crippen LogP contribution is 2.09. The molecule has 0 atom stereocenters. The molecule has 4 heteroatoms. The highest BCUT2D eigenvalue weighted by molar-refractivity contribution is 6.03. The van der Waals surface area contributed by atoms with E-state index < -0.39 is 0 Å². The molecule has 0 bridgehead atoms. The highest BCUT2D eigenvalue weighted by Gasteiger charge is 2.02. The topological polar surface area (TPSA) is 79.0 Å². The smallest absolute Gasteiger partial charge is 0.250 e. The molecule has 0 spiro atoms. The van der Waals surface area contributed by atoms with Gasteiger partial charge in [0.05, 0.1) is 0 Å². The Bertz CT molecular complexity index is 406. The average molecular weight is 203 g/mol. The molecule has 4 N–H and O–H groups in total. The first-order valence-electron chi connectivity index (χ1n) is 4.42. The van der Waals surface area contributed by atoms with Crippen molar-refractivity contribution in [3.05, 3.63) is 42.0 Å². The van der Waals surface area contributed by atoms with Gasteiger partial charge in [0, 0.05) is 16.8 Å². The zero-order valence-electron chi connectivity index (χ0n) is 8.50. The predicted molar refractivity (Wildman–Crippen MR) is 60.9 cm³/mol. The molecule has 1 aromatic rings. The zero-order valence-corrected chi connectivity index (χ0v) is 8.50. The summed E-state index contributed by atoms with van der Waals surface area (Å²) in [5.41, 5.74) is 7.03. The molecular weight excluding hydrogens is 190 g/mol. The Balaban J connectivity index is 2.77. The summed E-state index contributed by atoms with van der Waals surface area (Å²) < 4.78 is 0. The van der Waals surface area contributed by atoms with Crippen molar-refractivity contribution < 1.29 is 4.79 Å². The van der Waals surface area contributed by atoms with E-state index in [4.69, 9.17) is 11.1 Å². The molecule has 0 heterocycles. The molecule has 78 valence electrons. The molecule has 15 heavy (non-hydrogen) atoms. The normalized spacial score (nSPS) is 9.40. The molecule has 0 saturated heterocycles. The molecule has 0 radical (unpaired) electrons. The number of nitrogens with two attached hydrogens (primary N) is 1. The molecule has 1 amide bonds. The predicted octanol–water partition coefficient (Wildman–Crippen LogP) is 1.49. The van der Waals surface area contributed by atoms with E-state index in [1.165, 1.54) is 0 Å². The molecule has 0 aliphatic carbocycles. The van der Waals surface area contributed by atoms with E-state index in [2.05, 4.69) is 11.9 Å². The van der Waals surface area contributed by atoms with Crippen LogP contribution in [-0.2, 0) is 4.79 Å². The van der Waals surface area contributed by atoms with E-state index in [9.17, 15) is 4.79 Å². The molecular formula is C11H13N3O. The number of carbonyl (C=O) groups is 1. The van der Waals surface area contributed by atoms with Gasteiger partial charge < -0.3 is 11.1 Å². The van der Waals surface area contributed by atoms with Crippen molar-refractivity contribution in [2.24, 2.45) is 5.73 Å². The van der Waals surface area contributed by atoms with Crippen LogP contribution < -0.4 is 11.1 Å². The van der Waals surface area contributed by atoms with Crippen molar-refractivity contribution >= 4 is 17.4 Å². The number of nitrogens with one attached hydrogen (secondary N) is 2. The summed E-state index contributed by atoms with van der Waals surface area (Å²) in [5.74, 6) is -0.210. The van der Waals surface area contributed by atoms with Crippen molar-refractivity contribution in [2.75, 3.05) is 5.32 Å². The minimum absolute atomic E-state index is 0.00720. The third-order valence-electron chi connectivity index (χ3n) is 1.84. The number of benzene rings is 1. The van der Waals surface area contributed by atoms with Gasteiger partial charge in [-0.1, -0.05) is 6.58 Å². The van der Waals surface area contributed by atoms with Crippen LogP contribution in [0.25, 0.3) is 0 Å².